The van der Waals surface area contributed by atoms with Crippen molar-refractivity contribution in [2.75, 3.05) is 34.0 Å². The van der Waals surface area contributed by atoms with E-state index in [4.69, 9.17) is 23.9 Å². The summed E-state index contributed by atoms with van der Waals surface area (Å²) in [5.74, 6) is 0.401. The number of amides is 1. The Balaban J connectivity index is 1.59. The number of hydrogen-bond acceptors (Lipinski definition) is 9. The number of benzene rings is 2. The van der Waals surface area contributed by atoms with E-state index in [2.05, 4.69) is 5.32 Å². The summed E-state index contributed by atoms with van der Waals surface area (Å²) >= 11 is 1.42. The van der Waals surface area contributed by atoms with Crippen LogP contribution in [-0.4, -0.2) is 62.0 Å². The van der Waals surface area contributed by atoms with E-state index < -0.39 is 12.0 Å². The molecule has 210 valence electrons. The number of esters is 1. The second-order valence-electron chi connectivity index (χ2n) is 9.44. The number of carbonyl (C=O) groups is 2. The van der Waals surface area contributed by atoms with Crippen LogP contribution in [0.25, 0.3) is 5.70 Å². The molecule has 3 aliphatic rings. The van der Waals surface area contributed by atoms with Gasteiger partial charge in [0.2, 0.25) is 5.91 Å². The van der Waals surface area contributed by atoms with Crippen molar-refractivity contribution >= 4 is 34.5 Å². The maximum absolute atomic E-state index is 13.7. The van der Waals surface area contributed by atoms with Gasteiger partial charge in [-0.25, -0.2) is 9.79 Å². The Hall–Kier alpha value is -3.76. The third-order valence-corrected chi connectivity index (χ3v) is 7.86. The van der Waals surface area contributed by atoms with Gasteiger partial charge in [-0.2, -0.15) is 0 Å². The van der Waals surface area contributed by atoms with Crippen LogP contribution < -0.4 is 14.8 Å². The largest absolute Gasteiger partial charge is 0.493 e. The van der Waals surface area contributed by atoms with E-state index in [1.807, 2.05) is 52.8 Å². The fraction of sp³-hybridized carbons (Fsp3) is 0.367. The summed E-state index contributed by atoms with van der Waals surface area (Å²) in [5, 5.41) is 5.58. The Labute approximate surface area is 238 Å². The molecule has 1 saturated heterocycles. The lowest BCUT2D eigenvalue weighted by Crippen LogP contribution is -2.39. The van der Waals surface area contributed by atoms with Gasteiger partial charge < -0.3 is 29.2 Å². The molecule has 40 heavy (non-hydrogen) atoms. The first-order chi connectivity index (χ1) is 19.5. The molecule has 0 saturated carbocycles. The van der Waals surface area contributed by atoms with Crippen LogP contribution >= 0.6 is 11.8 Å². The first-order valence-electron chi connectivity index (χ1n) is 13.3. The molecule has 2 aromatic rings. The highest BCUT2D eigenvalue weighted by Crippen LogP contribution is 2.50. The number of rotatable bonds is 10. The Morgan fingerprint density at radius 2 is 1.95 bits per heavy atom. The summed E-state index contributed by atoms with van der Waals surface area (Å²) in [6, 6.07) is 14.4. The Kier molecular flexibility index (Phi) is 8.76. The topological polar surface area (TPSA) is 98.7 Å². The molecule has 5 rings (SSSR count). The van der Waals surface area contributed by atoms with E-state index >= 15 is 0 Å². The monoisotopic (exact) mass is 563 g/mol. The molecule has 10 heteroatoms. The fourth-order valence-electron chi connectivity index (χ4n) is 5.17. The lowest BCUT2D eigenvalue weighted by atomic mass is 9.90. The summed E-state index contributed by atoms with van der Waals surface area (Å²) in [6.07, 6.45) is 2.10. The number of ether oxygens (including phenoxy) is 4. The van der Waals surface area contributed by atoms with Crippen molar-refractivity contribution in [2.45, 2.75) is 38.3 Å². The van der Waals surface area contributed by atoms with Crippen molar-refractivity contribution in [1.82, 2.24) is 10.2 Å². The van der Waals surface area contributed by atoms with Crippen LogP contribution in [0.2, 0.25) is 0 Å². The van der Waals surface area contributed by atoms with Gasteiger partial charge in [0, 0.05) is 30.0 Å². The smallest absolute Gasteiger partial charge is 0.338 e. The van der Waals surface area contributed by atoms with E-state index in [9.17, 15) is 9.59 Å². The van der Waals surface area contributed by atoms with Gasteiger partial charge >= 0.3 is 5.97 Å². The molecular weight excluding hydrogens is 530 g/mol. The number of nitrogens with one attached hydrogen (secondary N) is 1. The number of methoxy groups -OCH3 is 2. The lowest BCUT2D eigenvalue weighted by Gasteiger charge is -2.37. The average Bonchev–Trinajstić information content (AvgIpc) is 3.65. The number of hydrogen-bond donors (Lipinski definition) is 1. The Bertz CT molecular complexity index is 1350. The zero-order valence-corrected chi connectivity index (χ0v) is 23.7. The normalized spacial score (nSPS) is 20.0. The third-order valence-electron chi connectivity index (χ3n) is 6.97. The number of para-hydroxylation sites is 1. The molecule has 1 fully saturated rings. The molecule has 2 aromatic carbocycles. The van der Waals surface area contributed by atoms with Gasteiger partial charge in [-0.05, 0) is 31.2 Å². The maximum Gasteiger partial charge on any atom is 0.338 e. The van der Waals surface area contributed by atoms with Gasteiger partial charge in [-0.1, -0.05) is 54.2 Å². The molecule has 0 bridgehead atoms. The number of nitrogens with zero attached hydrogens (tertiary/aromatic N) is 2. The Morgan fingerprint density at radius 1 is 1.12 bits per heavy atom. The second-order valence-corrected chi connectivity index (χ2v) is 10.3. The molecule has 1 amide bonds. The van der Waals surface area contributed by atoms with Crippen LogP contribution in [0.3, 0.4) is 0 Å². The predicted octanol–water partition coefficient (Wildman–Crippen LogP) is 4.66. The lowest BCUT2D eigenvalue weighted by molar-refractivity contribution is -0.139. The van der Waals surface area contributed by atoms with Crippen LogP contribution in [0, 0.1) is 0 Å². The van der Waals surface area contributed by atoms with Crippen LogP contribution in [0.1, 0.15) is 43.4 Å². The van der Waals surface area contributed by atoms with Crippen LogP contribution in [0.15, 0.2) is 70.2 Å². The van der Waals surface area contributed by atoms with E-state index in [0.29, 0.717) is 40.0 Å². The maximum atomic E-state index is 13.7. The first-order valence-corrected chi connectivity index (χ1v) is 14.2. The minimum Gasteiger partial charge on any atom is -0.493 e. The SMILES string of the molecule is CCOC(=O)C1=C(c2ccccc2)N=C2SC=C(CC(=O)NC[C@H]3CCCO3)N2[C@H]1c1cccc(OC)c1OC. The minimum atomic E-state index is -0.681. The second kappa shape index (κ2) is 12.6. The molecule has 2 atom stereocenters. The van der Waals surface area contributed by atoms with Crippen molar-refractivity contribution in [2.24, 2.45) is 4.99 Å². The van der Waals surface area contributed by atoms with E-state index in [-0.39, 0.29) is 25.0 Å². The van der Waals surface area contributed by atoms with Gasteiger partial charge in [0.15, 0.2) is 16.7 Å². The number of aliphatic imine (C=N–C) groups is 1. The highest BCUT2D eigenvalue weighted by Gasteiger charge is 2.44. The van der Waals surface area contributed by atoms with E-state index in [1.54, 1.807) is 27.2 Å². The van der Waals surface area contributed by atoms with E-state index in [0.717, 1.165) is 30.7 Å². The molecule has 3 heterocycles. The van der Waals surface area contributed by atoms with Gasteiger partial charge in [0.1, 0.15) is 0 Å². The standard InChI is InChI=1S/C30H33N3O6S/c1-4-38-29(35)25-26(19-10-6-5-7-11-19)32-30-33(27(25)22-13-8-14-23(36-2)28(22)37-3)20(18-40-30)16-24(34)31-17-21-12-9-15-39-21/h5-8,10-11,13-14,18,21,27H,4,9,12,15-17H2,1-3H3,(H,31,34)/t21-,27+/m1/s1. The molecule has 0 radical (unpaired) electrons. The van der Waals surface area contributed by atoms with Crippen molar-refractivity contribution in [3.63, 3.8) is 0 Å². The molecule has 0 spiro atoms. The van der Waals surface area contributed by atoms with Crippen LogP contribution in [0.4, 0.5) is 0 Å². The molecular formula is C30H33N3O6S. The van der Waals surface area contributed by atoms with Gasteiger partial charge in [-0.15, -0.1) is 0 Å². The molecule has 3 aliphatic heterocycles. The zero-order valence-electron chi connectivity index (χ0n) is 22.8. The van der Waals surface area contributed by atoms with Gasteiger partial charge in [0.25, 0.3) is 0 Å². The molecule has 0 unspecified atom stereocenters. The number of carbonyl (C=O) groups excluding carboxylic acids is 2. The summed E-state index contributed by atoms with van der Waals surface area (Å²) in [6.45, 7) is 3.17. The predicted molar refractivity (Wildman–Crippen MR) is 154 cm³/mol. The van der Waals surface area contributed by atoms with Crippen molar-refractivity contribution in [1.29, 1.82) is 0 Å². The summed E-state index contributed by atoms with van der Waals surface area (Å²) in [4.78, 5) is 33.7. The number of thioether (sulfide) groups is 1. The summed E-state index contributed by atoms with van der Waals surface area (Å²) in [7, 11) is 3.14. The van der Waals surface area contributed by atoms with Crippen molar-refractivity contribution < 1.29 is 28.5 Å². The molecule has 1 N–H and O–H groups in total. The average molecular weight is 564 g/mol. The van der Waals surface area contributed by atoms with Crippen molar-refractivity contribution in [3.8, 4) is 11.5 Å². The Morgan fingerprint density at radius 3 is 2.65 bits per heavy atom. The van der Waals surface area contributed by atoms with E-state index in [1.165, 1.54) is 11.8 Å². The third kappa shape index (κ3) is 5.59. The van der Waals surface area contributed by atoms with Gasteiger partial charge in [0.05, 0.1) is 50.7 Å². The van der Waals surface area contributed by atoms with Crippen LogP contribution in [0.5, 0.6) is 11.5 Å². The number of amidine groups is 1. The highest BCUT2D eigenvalue weighted by atomic mass is 32.2. The molecule has 9 nitrogen and oxygen atoms in total. The number of fused-ring (bicyclic) bond motifs is 1. The molecule has 0 aromatic heterocycles. The quantitative estimate of drug-likeness (QED) is 0.417. The van der Waals surface area contributed by atoms with Crippen molar-refractivity contribution in [3.05, 3.63) is 76.3 Å². The summed E-state index contributed by atoms with van der Waals surface area (Å²) in [5.41, 5.74) is 3.07. The first kappa shape index (κ1) is 27.8. The highest BCUT2D eigenvalue weighted by molar-refractivity contribution is 8.16. The fourth-order valence-corrected chi connectivity index (χ4v) is 6.09. The summed E-state index contributed by atoms with van der Waals surface area (Å²) < 4.78 is 22.7. The van der Waals surface area contributed by atoms with Crippen LogP contribution in [-0.2, 0) is 19.1 Å². The zero-order chi connectivity index (χ0) is 28.1. The minimum absolute atomic E-state index is 0.0450. The molecule has 0 aliphatic carbocycles. The van der Waals surface area contributed by atoms with Gasteiger partial charge in [-0.3, -0.25) is 4.79 Å².